The number of carbonyl (C=O) groups is 1. The number of aromatic amines is 1. The zero-order chi connectivity index (χ0) is 31.6. The fourth-order valence-electron chi connectivity index (χ4n) is 3.03. The lowest BCUT2D eigenvalue weighted by atomic mass is 9.79. The summed E-state index contributed by atoms with van der Waals surface area (Å²) in [7, 11) is 0. The number of fused-ring (bicyclic) bond motifs is 1. The van der Waals surface area contributed by atoms with Crippen molar-refractivity contribution in [3.63, 3.8) is 0 Å². The van der Waals surface area contributed by atoms with Crippen LogP contribution < -0.4 is 10.7 Å². The molecule has 3 N–H and O–H groups in total. The highest BCUT2D eigenvalue weighted by molar-refractivity contribution is 6.06. The first-order valence-corrected chi connectivity index (χ1v) is 8.69. The number of benzene rings is 2. The number of phenolic OH excluding ortho intramolecular Hbond substituents is 1. The Bertz CT molecular complexity index is 1520. The monoisotopic (exact) mass is 404 g/mol. The molecule has 0 unspecified atom stereocenters. The van der Waals surface area contributed by atoms with Crippen LogP contribution in [0.5, 0.6) is 5.75 Å². The lowest BCUT2D eigenvalue weighted by molar-refractivity contribution is 0.102. The van der Waals surface area contributed by atoms with E-state index >= 15 is 0 Å². The van der Waals surface area contributed by atoms with Crippen molar-refractivity contribution in [1.82, 2.24) is 4.98 Å². The van der Waals surface area contributed by atoms with Gasteiger partial charge >= 0.3 is 0 Å². The maximum Gasteiger partial charge on any atom is 0.261 e. The number of aromatic hydroxyl groups is 1. The van der Waals surface area contributed by atoms with Gasteiger partial charge in [0.05, 0.1) is 0 Å². The van der Waals surface area contributed by atoms with E-state index in [1.54, 1.807) is 18.2 Å². The van der Waals surface area contributed by atoms with Crippen molar-refractivity contribution >= 4 is 22.5 Å². The Morgan fingerprint density at radius 1 is 1.07 bits per heavy atom. The van der Waals surface area contributed by atoms with Crippen molar-refractivity contribution in [1.29, 1.82) is 0 Å². The summed E-state index contributed by atoms with van der Waals surface area (Å²) >= 11 is 0. The van der Waals surface area contributed by atoms with Crippen molar-refractivity contribution in [2.24, 2.45) is 0 Å². The first-order chi connectivity index (χ1) is 18.4. The maximum absolute atomic E-state index is 13.3. The van der Waals surface area contributed by atoms with Crippen molar-refractivity contribution in [2.75, 3.05) is 5.32 Å². The molecular weight excluding hydrogens is 364 g/mol. The molecule has 5 nitrogen and oxygen atoms in total. The van der Waals surface area contributed by atoms with Gasteiger partial charge in [0.2, 0.25) is 5.43 Å². The number of hydrogen-bond acceptors (Lipinski definition) is 3. The molecular formula is C24H28N2O3. The molecule has 0 aliphatic carbocycles. The van der Waals surface area contributed by atoms with Crippen LogP contribution in [0.3, 0.4) is 0 Å². The van der Waals surface area contributed by atoms with Crippen LogP contribution in [0, 0.1) is 0 Å². The highest BCUT2D eigenvalue weighted by atomic mass is 16.3. The molecule has 2 aromatic carbocycles. The van der Waals surface area contributed by atoms with E-state index in [2.05, 4.69) is 10.3 Å². The third-order valence-electron chi connectivity index (χ3n) is 4.49. The van der Waals surface area contributed by atoms with Crippen molar-refractivity contribution < 1.29 is 26.4 Å². The number of nitrogens with one attached hydrogen (secondary N) is 2. The van der Waals surface area contributed by atoms with Crippen LogP contribution >= 0.6 is 0 Å². The molecule has 0 saturated carbocycles. The summed E-state index contributed by atoms with van der Waals surface area (Å²) in [6, 6.07) is 7.67. The average molecular weight is 405 g/mol. The Balaban J connectivity index is 2.39. The largest absolute Gasteiger partial charge is 0.508 e. The topological polar surface area (TPSA) is 82.2 Å². The SMILES string of the molecule is [2H]C([2H])([2H])C(C)(c1cc(C(C)(C([2H])([2H])[2H])C([2H])([2H])[2H])c(NC(=O)c2c[nH]c3ccccc3c2=O)cc1O)C([2H])([2H])[2H]. The molecule has 0 aliphatic rings. The van der Waals surface area contributed by atoms with E-state index in [0.29, 0.717) is 17.6 Å². The van der Waals surface area contributed by atoms with Crippen LogP contribution in [0.1, 0.15) is 79.2 Å². The number of H-pyrrole nitrogens is 1. The predicted molar refractivity (Wildman–Crippen MR) is 118 cm³/mol. The van der Waals surface area contributed by atoms with Crippen LogP contribution in [-0.4, -0.2) is 16.0 Å². The van der Waals surface area contributed by atoms with Gasteiger partial charge in [0.1, 0.15) is 11.3 Å². The van der Waals surface area contributed by atoms with Crippen LogP contribution in [0.2, 0.25) is 0 Å². The number of carbonyl (C=O) groups excluding carboxylic acids is 1. The fourth-order valence-corrected chi connectivity index (χ4v) is 3.03. The number of rotatable bonds is 2. The minimum atomic E-state index is -3.32. The van der Waals surface area contributed by atoms with E-state index in [-0.39, 0.29) is 5.39 Å². The van der Waals surface area contributed by atoms with Gasteiger partial charge < -0.3 is 15.4 Å². The summed E-state index contributed by atoms with van der Waals surface area (Å²) in [4.78, 5) is 29.1. The van der Waals surface area contributed by atoms with E-state index < -0.39 is 77.7 Å². The predicted octanol–water partition coefficient (Wildman–Crippen LogP) is 5.08. The molecule has 1 aromatic heterocycles. The summed E-state index contributed by atoms with van der Waals surface area (Å²) in [6.07, 6.45) is 1.10. The average Bonchev–Trinajstić information content (AvgIpc) is 2.80. The molecule has 0 atom stereocenters. The Morgan fingerprint density at radius 2 is 1.72 bits per heavy atom. The zero-order valence-corrected chi connectivity index (χ0v) is 15.8. The van der Waals surface area contributed by atoms with Gasteiger partial charge in [0, 0.05) is 45.3 Å². The van der Waals surface area contributed by atoms with Crippen LogP contribution in [0.25, 0.3) is 10.9 Å². The second-order valence-corrected chi connectivity index (χ2v) is 7.20. The lowest BCUT2D eigenvalue weighted by Crippen LogP contribution is -2.25. The summed E-state index contributed by atoms with van der Waals surface area (Å²) < 4.78 is 96.2. The van der Waals surface area contributed by atoms with Gasteiger partial charge in [0.15, 0.2) is 0 Å². The van der Waals surface area contributed by atoms with Gasteiger partial charge in [-0.05, 0) is 40.2 Å². The standard InChI is InChI=1S/C24H28N2O3/c1-23(2,3)16-11-17(24(4,5)6)20(27)12-19(16)26-22(29)15-13-25-18-10-8-7-9-14(18)21(15)28/h7-13,27H,1-6H3,(H,25,28)(H,26,29)/i1D3,2D3,4D3,5D3. The Kier molecular flexibility index (Phi) is 2.46. The molecule has 0 radical (unpaired) electrons. The van der Waals surface area contributed by atoms with E-state index in [9.17, 15) is 14.7 Å². The van der Waals surface area contributed by atoms with E-state index in [1.807, 2.05) is 0 Å². The normalized spacial score (nSPS) is 20.1. The molecule has 0 spiro atoms. The Labute approximate surface area is 187 Å². The molecule has 29 heavy (non-hydrogen) atoms. The third kappa shape index (κ3) is 4.04. The maximum atomic E-state index is 13.3. The van der Waals surface area contributed by atoms with Crippen LogP contribution in [0.4, 0.5) is 5.69 Å². The van der Waals surface area contributed by atoms with Gasteiger partial charge in [-0.2, -0.15) is 0 Å². The number of phenols is 1. The van der Waals surface area contributed by atoms with Gasteiger partial charge in [0.25, 0.3) is 5.91 Å². The molecule has 0 bridgehead atoms. The molecule has 152 valence electrons. The summed E-state index contributed by atoms with van der Waals surface area (Å²) in [6.45, 7) is -11.5. The highest BCUT2D eigenvalue weighted by Gasteiger charge is 2.26. The second-order valence-electron chi connectivity index (χ2n) is 7.20. The van der Waals surface area contributed by atoms with Gasteiger partial charge in [-0.3, -0.25) is 9.59 Å². The Hall–Kier alpha value is -3.08. The quantitative estimate of drug-likeness (QED) is 0.557. The zero-order valence-electron chi connectivity index (χ0n) is 27.8. The number of pyridine rings is 1. The summed E-state index contributed by atoms with van der Waals surface area (Å²) in [5.41, 5.74) is -8.35. The van der Waals surface area contributed by atoms with E-state index in [4.69, 9.17) is 16.4 Å². The lowest BCUT2D eigenvalue weighted by Gasteiger charge is -2.28. The highest BCUT2D eigenvalue weighted by Crippen LogP contribution is 2.39. The molecule has 3 aromatic rings. The van der Waals surface area contributed by atoms with Crippen molar-refractivity contribution in [2.45, 2.75) is 52.1 Å². The minimum absolute atomic E-state index is 0.152. The number of aromatic nitrogens is 1. The number of amides is 1. The number of para-hydroxylation sites is 1. The van der Waals surface area contributed by atoms with Crippen LogP contribution in [0.15, 0.2) is 47.4 Å². The number of hydrogen-bond donors (Lipinski definition) is 3. The van der Waals surface area contributed by atoms with Crippen molar-refractivity contribution in [3.05, 3.63) is 69.5 Å². The van der Waals surface area contributed by atoms with Gasteiger partial charge in [-0.15, -0.1) is 0 Å². The van der Waals surface area contributed by atoms with Crippen LogP contribution in [-0.2, 0) is 10.8 Å². The molecule has 1 heterocycles. The Morgan fingerprint density at radius 3 is 2.41 bits per heavy atom. The third-order valence-corrected chi connectivity index (χ3v) is 4.49. The smallest absolute Gasteiger partial charge is 0.261 e. The minimum Gasteiger partial charge on any atom is -0.508 e. The first-order valence-electron chi connectivity index (χ1n) is 14.7. The van der Waals surface area contributed by atoms with Gasteiger partial charge in [-0.1, -0.05) is 53.4 Å². The molecule has 0 saturated heterocycles. The van der Waals surface area contributed by atoms with E-state index in [1.165, 1.54) is 6.07 Å². The van der Waals surface area contributed by atoms with E-state index in [0.717, 1.165) is 20.0 Å². The second kappa shape index (κ2) is 7.07. The molecule has 5 heteroatoms. The molecule has 0 aliphatic heterocycles. The van der Waals surface area contributed by atoms with Crippen molar-refractivity contribution in [3.8, 4) is 5.75 Å². The molecule has 0 fully saturated rings. The fraction of sp³-hybridized carbons (Fsp3) is 0.333. The first kappa shape index (κ1) is 10.1. The molecule has 1 amide bonds. The van der Waals surface area contributed by atoms with Gasteiger partial charge in [-0.25, -0.2) is 0 Å². The number of anilines is 1. The molecule has 3 rings (SSSR count). The summed E-state index contributed by atoms with van der Waals surface area (Å²) in [5, 5.41) is 13.4. The summed E-state index contributed by atoms with van der Waals surface area (Å²) in [5.74, 6) is -2.05.